The molecule has 0 N–H and O–H groups in total. The van der Waals surface area contributed by atoms with E-state index < -0.39 is 0 Å². The van der Waals surface area contributed by atoms with Crippen LogP contribution in [-0.4, -0.2) is 0 Å². The van der Waals surface area contributed by atoms with Gasteiger partial charge in [0.05, 0.1) is 0 Å². The van der Waals surface area contributed by atoms with Crippen LogP contribution in [-0.2, 0) is 9.78 Å². The third kappa shape index (κ3) is 1.29. The second kappa shape index (κ2) is 2.82. The molecule has 0 aromatic carbocycles. The van der Waals surface area contributed by atoms with Gasteiger partial charge < -0.3 is 0 Å². The normalized spacial score (nSPS) is 27.6. The Morgan fingerprint density at radius 2 is 2.18 bits per heavy atom. The Bertz CT molecular complexity index is 226. The van der Waals surface area contributed by atoms with Crippen molar-refractivity contribution in [2.45, 2.75) is 12.8 Å². The predicted molar refractivity (Wildman–Crippen MR) is 41.3 cm³/mol. The molecular weight excluding hydrogens is 140 g/mol. The lowest BCUT2D eigenvalue weighted by atomic mass is 9.95. The van der Waals surface area contributed by atoms with E-state index in [0.717, 1.165) is 18.6 Å². The average molecular weight is 150 g/mol. The Hall–Kier alpha value is -1.18. The van der Waals surface area contributed by atoms with Crippen LogP contribution in [0.5, 0.6) is 0 Å². The molecule has 0 saturated heterocycles. The largest absolute Gasteiger partial charge is 0.299 e. The maximum Gasteiger partial charge on any atom is 0.159 e. The minimum Gasteiger partial charge on any atom is -0.299 e. The minimum absolute atomic E-state index is 0.485. The average Bonchev–Trinajstić information content (AvgIpc) is 2.28. The molecule has 1 heterocycles. The molecule has 2 heteroatoms. The van der Waals surface area contributed by atoms with E-state index in [0.29, 0.717) is 5.92 Å². The van der Waals surface area contributed by atoms with E-state index in [1.54, 1.807) is 6.26 Å². The summed E-state index contributed by atoms with van der Waals surface area (Å²) < 4.78 is 0. The van der Waals surface area contributed by atoms with Gasteiger partial charge in [-0.15, -0.1) is 0 Å². The highest BCUT2D eigenvalue weighted by Gasteiger charge is 2.18. The van der Waals surface area contributed by atoms with Crippen LogP contribution in [0.4, 0.5) is 0 Å². The molecule has 2 aliphatic rings. The molecule has 0 saturated carbocycles. The zero-order chi connectivity index (χ0) is 7.52. The molecule has 0 bridgehead atoms. The van der Waals surface area contributed by atoms with E-state index >= 15 is 0 Å². The van der Waals surface area contributed by atoms with Crippen LogP contribution in [0.2, 0.25) is 0 Å². The molecule has 0 amide bonds. The quantitative estimate of drug-likeness (QED) is 0.493. The van der Waals surface area contributed by atoms with Crippen molar-refractivity contribution >= 4 is 0 Å². The molecule has 1 aliphatic heterocycles. The topological polar surface area (TPSA) is 18.5 Å². The molecule has 0 aromatic heterocycles. The number of rotatable bonds is 0. The van der Waals surface area contributed by atoms with Crippen molar-refractivity contribution in [3.05, 3.63) is 36.3 Å². The van der Waals surface area contributed by atoms with E-state index in [4.69, 9.17) is 9.78 Å². The van der Waals surface area contributed by atoms with Crippen molar-refractivity contribution in [1.82, 2.24) is 0 Å². The van der Waals surface area contributed by atoms with Gasteiger partial charge in [-0.1, -0.05) is 12.2 Å². The zero-order valence-corrected chi connectivity index (χ0v) is 6.19. The maximum absolute atomic E-state index is 5.03. The van der Waals surface area contributed by atoms with Crippen LogP contribution >= 0.6 is 0 Å². The van der Waals surface area contributed by atoms with Gasteiger partial charge in [0.25, 0.3) is 0 Å². The highest BCUT2D eigenvalue weighted by molar-refractivity contribution is 5.17. The SMILES string of the molecule is C1=CCC2CC=COOC2=C1. The molecule has 1 unspecified atom stereocenters. The molecular formula is C9H10O2. The smallest absolute Gasteiger partial charge is 0.159 e. The van der Waals surface area contributed by atoms with Gasteiger partial charge in [-0.2, -0.15) is 0 Å². The van der Waals surface area contributed by atoms with Crippen molar-refractivity contribution in [2.24, 2.45) is 5.92 Å². The molecule has 2 rings (SSSR count). The Balaban J connectivity index is 2.17. The highest BCUT2D eigenvalue weighted by atomic mass is 17.2. The van der Waals surface area contributed by atoms with Gasteiger partial charge in [0.1, 0.15) is 6.26 Å². The van der Waals surface area contributed by atoms with E-state index in [1.165, 1.54) is 0 Å². The number of hydrogen-bond acceptors (Lipinski definition) is 2. The summed E-state index contributed by atoms with van der Waals surface area (Å²) in [5, 5.41) is 0. The minimum atomic E-state index is 0.485. The first-order valence-corrected chi connectivity index (χ1v) is 3.82. The van der Waals surface area contributed by atoms with Crippen LogP contribution in [0, 0.1) is 5.92 Å². The number of fused-ring (bicyclic) bond motifs is 1. The lowest BCUT2D eigenvalue weighted by molar-refractivity contribution is -0.216. The van der Waals surface area contributed by atoms with Crippen LogP contribution < -0.4 is 0 Å². The second-order valence-electron chi connectivity index (χ2n) is 2.72. The summed E-state index contributed by atoms with van der Waals surface area (Å²) in [7, 11) is 0. The van der Waals surface area contributed by atoms with Gasteiger partial charge in [0.15, 0.2) is 5.76 Å². The highest BCUT2D eigenvalue weighted by Crippen LogP contribution is 2.27. The first kappa shape index (κ1) is 6.53. The summed E-state index contributed by atoms with van der Waals surface area (Å²) >= 11 is 0. The lowest BCUT2D eigenvalue weighted by Gasteiger charge is -2.15. The van der Waals surface area contributed by atoms with Gasteiger partial charge in [0.2, 0.25) is 0 Å². The molecule has 0 aromatic rings. The van der Waals surface area contributed by atoms with Gasteiger partial charge in [-0.3, -0.25) is 9.78 Å². The summed E-state index contributed by atoms with van der Waals surface area (Å²) in [6.45, 7) is 0. The summed E-state index contributed by atoms with van der Waals surface area (Å²) in [5.41, 5.74) is 0. The van der Waals surface area contributed by atoms with Crippen LogP contribution in [0.25, 0.3) is 0 Å². The van der Waals surface area contributed by atoms with Crippen molar-refractivity contribution in [3.8, 4) is 0 Å². The van der Waals surface area contributed by atoms with Gasteiger partial charge in [-0.05, 0) is 25.0 Å². The lowest BCUT2D eigenvalue weighted by Crippen LogP contribution is -2.05. The Morgan fingerprint density at radius 1 is 1.27 bits per heavy atom. The Labute approximate surface area is 65.7 Å². The number of hydrogen-bond donors (Lipinski definition) is 0. The van der Waals surface area contributed by atoms with Crippen LogP contribution in [0.15, 0.2) is 36.3 Å². The van der Waals surface area contributed by atoms with Gasteiger partial charge in [0, 0.05) is 5.92 Å². The monoisotopic (exact) mass is 150 g/mol. The summed E-state index contributed by atoms with van der Waals surface area (Å²) in [6, 6.07) is 0. The maximum atomic E-state index is 5.03. The van der Waals surface area contributed by atoms with E-state index in [-0.39, 0.29) is 0 Å². The predicted octanol–water partition coefficient (Wildman–Crippen LogP) is 2.31. The molecule has 1 atom stereocenters. The van der Waals surface area contributed by atoms with Crippen molar-refractivity contribution in [2.75, 3.05) is 0 Å². The number of allylic oxidation sites excluding steroid dienone is 5. The fraction of sp³-hybridized carbons (Fsp3) is 0.333. The molecule has 1 aliphatic carbocycles. The van der Waals surface area contributed by atoms with Crippen LogP contribution in [0.3, 0.4) is 0 Å². The van der Waals surface area contributed by atoms with E-state index in [1.807, 2.05) is 18.2 Å². The second-order valence-corrected chi connectivity index (χ2v) is 2.72. The van der Waals surface area contributed by atoms with Crippen molar-refractivity contribution in [3.63, 3.8) is 0 Å². The molecule has 0 radical (unpaired) electrons. The zero-order valence-electron chi connectivity index (χ0n) is 6.19. The van der Waals surface area contributed by atoms with Gasteiger partial charge >= 0.3 is 0 Å². The van der Waals surface area contributed by atoms with Crippen molar-refractivity contribution in [1.29, 1.82) is 0 Å². The summed E-state index contributed by atoms with van der Waals surface area (Å²) in [6.07, 6.45) is 11.8. The van der Waals surface area contributed by atoms with Gasteiger partial charge in [-0.25, -0.2) is 0 Å². The van der Waals surface area contributed by atoms with E-state index in [2.05, 4.69) is 6.08 Å². The third-order valence-electron chi connectivity index (χ3n) is 1.94. The molecule has 58 valence electrons. The standard InChI is InChI=1S/C9H10O2/c1-2-6-9-8(4-1)5-3-7-10-11-9/h1-3,6-8H,4-5H2. The third-order valence-corrected chi connectivity index (χ3v) is 1.94. The molecule has 0 fully saturated rings. The van der Waals surface area contributed by atoms with Crippen LogP contribution in [0.1, 0.15) is 12.8 Å². The van der Waals surface area contributed by atoms with E-state index in [9.17, 15) is 0 Å². The first-order valence-electron chi connectivity index (χ1n) is 3.82. The molecule has 0 spiro atoms. The molecule has 11 heavy (non-hydrogen) atoms. The fourth-order valence-electron chi connectivity index (χ4n) is 1.31. The fourth-order valence-corrected chi connectivity index (χ4v) is 1.31. The first-order chi connectivity index (χ1) is 5.47. The Morgan fingerprint density at radius 3 is 3.18 bits per heavy atom. The Kier molecular flexibility index (Phi) is 1.68. The molecule has 2 nitrogen and oxygen atoms in total. The van der Waals surface area contributed by atoms with Crippen molar-refractivity contribution < 1.29 is 9.78 Å². The summed E-state index contributed by atoms with van der Waals surface area (Å²) in [5.74, 6) is 1.43. The summed E-state index contributed by atoms with van der Waals surface area (Å²) in [4.78, 5) is 9.81.